The lowest BCUT2D eigenvalue weighted by Gasteiger charge is -2.28. The summed E-state index contributed by atoms with van der Waals surface area (Å²) < 4.78 is 0. The number of benzene rings is 1. The summed E-state index contributed by atoms with van der Waals surface area (Å²) >= 11 is 0. The van der Waals surface area contributed by atoms with Gasteiger partial charge in [-0.25, -0.2) is 0 Å². The van der Waals surface area contributed by atoms with Gasteiger partial charge in [0.2, 0.25) is 0 Å². The number of rotatable bonds is 4. The van der Waals surface area contributed by atoms with E-state index in [-0.39, 0.29) is 11.9 Å². The highest BCUT2D eigenvalue weighted by molar-refractivity contribution is 6.04. The van der Waals surface area contributed by atoms with Gasteiger partial charge in [-0.15, -0.1) is 0 Å². The van der Waals surface area contributed by atoms with Crippen LogP contribution in [-0.2, 0) is 0 Å². The molecule has 1 aromatic carbocycles. The maximum atomic E-state index is 12.4. The van der Waals surface area contributed by atoms with Gasteiger partial charge in [0.15, 0.2) is 5.69 Å². The Morgan fingerprint density at radius 2 is 2.05 bits per heavy atom. The summed E-state index contributed by atoms with van der Waals surface area (Å²) in [6.45, 7) is 4.44. The molecule has 0 saturated heterocycles. The third-order valence-corrected chi connectivity index (χ3v) is 4.89. The molecule has 1 aliphatic carbocycles. The van der Waals surface area contributed by atoms with E-state index >= 15 is 0 Å². The average molecular weight is 299 g/mol. The molecular weight excluding hydrogens is 274 g/mol. The van der Waals surface area contributed by atoms with E-state index in [4.69, 9.17) is 0 Å². The van der Waals surface area contributed by atoms with Gasteiger partial charge in [-0.3, -0.25) is 9.89 Å². The summed E-state index contributed by atoms with van der Waals surface area (Å²) in [5.41, 5.74) is 1.40. The quantitative estimate of drug-likeness (QED) is 0.899. The maximum Gasteiger partial charge on any atom is 0.272 e. The summed E-state index contributed by atoms with van der Waals surface area (Å²) in [5.74, 6) is 1.55. The van der Waals surface area contributed by atoms with Gasteiger partial charge in [0.25, 0.3) is 5.91 Å². The second kappa shape index (κ2) is 6.51. The average Bonchev–Trinajstić information content (AvgIpc) is 2.93. The first-order chi connectivity index (χ1) is 10.6. The molecule has 1 heterocycles. The Balaban J connectivity index is 1.59. The van der Waals surface area contributed by atoms with Crippen molar-refractivity contribution in [3.8, 4) is 0 Å². The normalized spacial score (nSPS) is 23.4. The molecule has 0 spiro atoms. The molecule has 3 rings (SSSR count). The largest absolute Gasteiger partial charge is 0.348 e. The van der Waals surface area contributed by atoms with Crippen molar-refractivity contribution in [3.05, 3.63) is 30.0 Å². The van der Waals surface area contributed by atoms with Crippen LogP contribution in [0.4, 0.5) is 0 Å². The second-order valence-corrected chi connectivity index (χ2v) is 6.85. The van der Waals surface area contributed by atoms with Crippen LogP contribution >= 0.6 is 0 Å². The van der Waals surface area contributed by atoms with Gasteiger partial charge in [0.1, 0.15) is 0 Å². The van der Waals surface area contributed by atoms with Gasteiger partial charge in [-0.1, -0.05) is 50.8 Å². The molecule has 1 atom stereocenters. The molecule has 1 aliphatic rings. The van der Waals surface area contributed by atoms with Gasteiger partial charge in [0, 0.05) is 11.4 Å². The Kier molecular flexibility index (Phi) is 4.46. The minimum Gasteiger partial charge on any atom is -0.348 e. The van der Waals surface area contributed by atoms with Crippen LogP contribution in [0.3, 0.4) is 0 Å². The van der Waals surface area contributed by atoms with Crippen LogP contribution in [0, 0.1) is 11.8 Å². The second-order valence-electron chi connectivity index (χ2n) is 6.85. The van der Waals surface area contributed by atoms with Crippen LogP contribution in [0.5, 0.6) is 0 Å². The van der Waals surface area contributed by atoms with E-state index in [9.17, 15) is 4.79 Å². The third-order valence-electron chi connectivity index (χ3n) is 4.89. The van der Waals surface area contributed by atoms with Crippen molar-refractivity contribution in [1.29, 1.82) is 0 Å². The van der Waals surface area contributed by atoms with Gasteiger partial charge in [-0.05, 0) is 31.2 Å². The Hall–Kier alpha value is -1.84. The number of amides is 1. The van der Waals surface area contributed by atoms with Gasteiger partial charge < -0.3 is 5.32 Å². The Labute approximate surface area is 131 Å². The summed E-state index contributed by atoms with van der Waals surface area (Å²) in [5, 5.41) is 11.1. The fourth-order valence-corrected chi connectivity index (χ4v) is 3.55. The van der Waals surface area contributed by atoms with Crippen molar-refractivity contribution in [2.45, 2.75) is 52.0 Å². The third kappa shape index (κ3) is 3.32. The van der Waals surface area contributed by atoms with Crippen molar-refractivity contribution >= 4 is 16.8 Å². The monoisotopic (exact) mass is 299 g/mol. The number of carbonyl (C=O) groups is 1. The summed E-state index contributed by atoms with van der Waals surface area (Å²) in [4.78, 5) is 12.4. The first-order valence-corrected chi connectivity index (χ1v) is 8.37. The topological polar surface area (TPSA) is 57.8 Å². The number of H-pyrrole nitrogens is 1. The molecule has 1 saturated carbocycles. The number of nitrogens with one attached hydrogen (secondary N) is 2. The highest BCUT2D eigenvalue weighted by atomic mass is 16.2. The predicted molar refractivity (Wildman–Crippen MR) is 88.8 cm³/mol. The number of hydrogen-bond acceptors (Lipinski definition) is 2. The minimum absolute atomic E-state index is 0.0749. The molecular formula is C18H25N3O. The summed E-state index contributed by atoms with van der Waals surface area (Å²) in [7, 11) is 0. The van der Waals surface area contributed by atoms with Crippen molar-refractivity contribution < 1.29 is 4.79 Å². The molecule has 0 bridgehead atoms. The molecule has 1 amide bonds. The molecule has 22 heavy (non-hydrogen) atoms. The van der Waals surface area contributed by atoms with E-state index in [1.165, 1.54) is 25.7 Å². The Morgan fingerprint density at radius 1 is 1.32 bits per heavy atom. The van der Waals surface area contributed by atoms with Crippen molar-refractivity contribution in [2.24, 2.45) is 11.8 Å². The number of hydrogen-bond donors (Lipinski definition) is 2. The number of para-hydroxylation sites is 1. The number of carbonyl (C=O) groups excluding carboxylic acids is 1. The predicted octanol–water partition coefficient (Wildman–Crippen LogP) is 3.90. The lowest BCUT2D eigenvalue weighted by Crippen LogP contribution is -2.35. The van der Waals surface area contributed by atoms with Gasteiger partial charge >= 0.3 is 0 Å². The molecule has 4 heteroatoms. The lowest BCUT2D eigenvalue weighted by atomic mass is 9.80. The molecule has 0 aliphatic heterocycles. The van der Waals surface area contributed by atoms with Crippen molar-refractivity contribution in [2.75, 3.05) is 0 Å². The van der Waals surface area contributed by atoms with Crippen LogP contribution in [0.15, 0.2) is 24.3 Å². The summed E-state index contributed by atoms with van der Waals surface area (Å²) in [6, 6.07) is 7.93. The standard InChI is InChI=1S/C18H25N3O/c1-12-7-9-14(10-8-12)11-13(2)19-18(22)17-15-5-3-4-6-16(15)20-21-17/h3-6,12-14H,7-11H2,1-2H3,(H,19,22)(H,20,21)/t12?,13-,14?/m0/s1. The van der Waals surface area contributed by atoms with Gasteiger partial charge in [0.05, 0.1) is 5.52 Å². The van der Waals surface area contributed by atoms with Gasteiger partial charge in [-0.2, -0.15) is 5.10 Å². The fourth-order valence-electron chi connectivity index (χ4n) is 3.55. The van der Waals surface area contributed by atoms with E-state index < -0.39 is 0 Å². The first kappa shape index (κ1) is 15.1. The zero-order chi connectivity index (χ0) is 15.5. The van der Waals surface area contributed by atoms with E-state index in [1.807, 2.05) is 24.3 Å². The minimum atomic E-state index is -0.0749. The molecule has 0 radical (unpaired) electrons. The molecule has 2 N–H and O–H groups in total. The zero-order valence-electron chi connectivity index (χ0n) is 13.4. The lowest BCUT2D eigenvalue weighted by molar-refractivity contribution is 0.0928. The maximum absolute atomic E-state index is 12.4. The Morgan fingerprint density at radius 3 is 2.82 bits per heavy atom. The molecule has 118 valence electrons. The number of aromatic amines is 1. The van der Waals surface area contributed by atoms with Crippen LogP contribution in [-0.4, -0.2) is 22.1 Å². The van der Waals surface area contributed by atoms with Crippen LogP contribution < -0.4 is 5.32 Å². The molecule has 0 unspecified atom stereocenters. The SMILES string of the molecule is CC1CCC(C[C@H](C)NC(=O)c2n[nH]c3ccccc23)CC1. The van der Waals surface area contributed by atoms with E-state index in [1.54, 1.807) is 0 Å². The number of aromatic nitrogens is 2. The van der Waals surface area contributed by atoms with Crippen molar-refractivity contribution in [1.82, 2.24) is 15.5 Å². The fraction of sp³-hybridized carbons (Fsp3) is 0.556. The smallest absolute Gasteiger partial charge is 0.272 e. The summed E-state index contributed by atoms with van der Waals surface area (Å²) in [6.07, 6.45) is 6.32. The zero-order valence-corrected chi connectivity index (χ0v) is 13.4. The van der Waals surface area contributed by atoms with E-state index in [2.05, 4.69) is 29.4 Å². The number of fused-ring (bicyclic) bond motifs is 1. The highest BCUT2D eigenvalue weighted by Gasteiger charge is 2.22. The molecule has 4 nitrogen and oxygen atoms in total. The number of nitrogens with zero attached hydrogens (tertiary/aromatic N) is 1. The van der Waals surface area contributed by atoms with Crippen LogP contribution in [0.25, 0.3) is 10.9 Å². The van der Waals surface area contributed by atoms with Crippen LogP contribution in [0.1, 0.15) is 56.4 Å². The first-order valence-electron chi connectivity index (χ1n) is 8.37. The molecule has 1 fully saturated rings. The van der Waals surface area contributed by atoms with E-state index in [0.29, 0.717) is 5.69 Å². The Bertz CT molecular complexity index is 641. The van der Waals surface area contributed by atoms with Crippen molar-refractivity contribution in [3.63, 3.8) is 0 Å². The highest BCUT2D eigenvalue weighted by Crippen LogP contribution is 2.31. The molecule has 2 aromatic rings. The molecule has 1 aromatic heterocycles. The van der Waals surface area contributed by atoms with Crippen LogP contribution in [0.2, 0.25) is 0 Å². The van der Waals surface area contributed by atoms with E-state index in [0.717, 1.165) is 29.2 Å².